The molecular formula is C19H14N3O. The normalized spacial score (nSPS) is 14.4. The summed E-state index contributed by atoms with van der Waals surface area (Å²) in [7, 11) is 0. The minimum absolute atomic E-state index is 0.580. The number of H-pyrrole nitrogens is 1. The van der Waals surface area contributed by atoms with E-state index in [-0.39, 0.29) is 0 Å². The smallest absolute Gasteiger partial charge is 0.140 e. The van der Waals surface area contributed by atoms with Gasteiger partial charge in [0.15, 0.2) is 0 Å². The number of hydrogen-bond acceptors (Lipinski definition) is 3. The van der Waals surface area contributed by atoms with E-state index in [9.17, 15) is 0 Å². The van der Waals surface area contributed by atoms with Crippen LogP contribution in [0.1, 0.15) is 24.5 Å². The number of fused-ring (bicyclic) bond motifs is 1. The summed E-state index contributed by atoms with van der Waals surface area (Å²) in [5.41, 5.74) is 6.09. The molecule has 1 saturated carbocycles. The Morgan fingerprint density at radius 3 is 2.83 bits per heavy atom. The van der Waals surface area contributed by atoms with E-state index in [1.54, 1.807) is 6.33 Å². The molecule has 1 N–H and O–H groups in total. The molecule has 0 spiro atoms. The van der Waals surface area contributed by atoms with Crippen LogP contribution >= 0.6 is 0 Å². The molecule has 1 aliphatic carbocycles. The summed E-state index contributed by atoms with van der Waals surface area (Å²) in [6.07, 6.45) is 4.14. The monoisotopic (exact) mass is 300 g/mol. The van der Waals surface area contributed by atoms with Crippen LogP contribution in [0.2, 0.25) is 0 Å². The van der Waals surface area contributed by atoms with Crippen molar-refractivity contribution >= 4 is 11.0 Å². The van der Waals surface area contributed by atoms with Gasteiger partial charge in [0.1, 0.15) is 11.5 Å². The summed E-state index contributed by atoms with van der Waals surface area (Å²) >= 11 is 0. The van der Waals surface area contributed by atoms with Gasteiger partial charge in [-0.25, -0.2) is 4.98 Å². The summed E-state index contributed by atoms with van der Waals surface area (Å²) in [6, 6.07) is 17.7. The van der Waals surface area contributed by atoms with Gasteiger partial charge in [-0.3, -0.25) is 0 Å². The van der Waals surface area contributed by atoms with Gasteiger partial charge in [0.05, 0.1) is 17.4 Å². The van der Waals surface area contributed by atoms with Gasteiger partial charge in [-0.2, -0.15) is 0 Å². The highest BCUT2D eigenvalue weighted by atomic mass is 16.5. The van der Waals surface area contributed by atoms with Crippen LogP contribution in [0.3, 0.4) is 0 Å². The van der Waals surface area contributed by atoms with Gasteiger partial charge in [0, 0.05) is 17.5 Å². The van der Waals surface area contributed by atoms with E-state index in [0.717, 1.165) is 39.2 Å². The number of aromatic amines is 1. The molecule has 1 fully saturated rings. The Kier molecular flexibility index (Phi) is 2.65. The van der Waals surface area contributed by atoms with Crippen LogP contribution in [0.5, 0.6) is 0 Å². The van der Waals surface area contributed by atoms with Gasteiger partial charge in [-0.1, -0.05) is 23.4 Å². The molecule has 4 nitrogen and oxygen atoms in total. The summed E-state index contributed by atoms with van der Waals surface area (Å²) in [6.45, 7) is 0. The number of aromatic nitrogens is 3. The summed E-state index contributed by atoms with van der Waals surface area (Å²) < 4.78 is 5.42. The highest BCUT2D eigenvalue weighted by Gasteiger charge is 2.28. The van der Waals surface area contributed by atoms with Crippen LogP contribution in [0, 0.1) is 6.07 Å². The lowest BCUT2D eigenvalue weighted by Crippen LogP contribution is -1.81. The number of nitrogens with zero attached hydrogens (tertiary/aromatic N) is 2. The second-order valence-electron chi connectivity index (χ2n) is 6.01. The van der Waals surface area contributed by atoms with Gasteiger partial charge < -0.3 is 9.51 Å². The third-order valence-corrected chi connectivity index (χ3v) is 4.35. The van der Waals surface area contributed by atoms with Crippen molar-refractivity contribution in [2.45, 2.75) is 18.8 Å². The number of nitrogens with one attached hydrogen (secondary N) is 1. The third-order valence-electron chi connectivity index (χ3n) is 4.35. The maximum atomic E-state index is 5.42. The van der Waals surface area contributed by atoms with Gasteiger partial charge in [0.25, 0.3) is 0 Å². The predicted octanol–water partition coefficient (Wildman–Crippen LogP) is 4.56. The second kappa shape index (κ2) is 4.81. The van der Waals surface area contributed by atoms with E-state index in [1.807, 2.05) is 24.3 Å². The fourth-order valence-corrected chi connectivity index (χ4v) is 2.85. The fraction of sp³-hybridized carbons (Fsp3) is 0.158. The van der Waals surface area contributed by atoms with Crippen molar-refractivity contribution in [3.05, 3.63) is 60.6 Å². The molecule has 2 aromatic heterocycles. The molecule has 2 heterocycles. The van der Waals surface area contributed by atoms with Crippen molar-refractivity contribution in [3.63, 3.8) is 0 Å². The number of imidazole rings is 1. The minimum atomic E-state index is 0.580. The van der Waals surface area contributed by atoms with Crippen molar-refractivity contribution < 1.29 is 4.52 Å². The van der Waals surface area contributed by atoms with Crippen molar-refractivity contribution in [2.75, 3.05) is 0 Å². The second-order valence-corrected chi connectivity index (χ2v) is 6.01. The number of rotatable bonds is 3. The van der Waals surface area contributed by atoms with Crippen molar-refractivity contribution in [1.29, 1.82) is 0 Å². The molecule has 1 aliphatic rings. The molecule has 111 valence electrons. The molecule has 4 aromatic rings. The van der Waals surface area contributed by atoms with Crippen LogP contribution in [-0.2, 0) is 0 Å². The van der Waals surface area contributed by atoms with Crippen LogP contribution < -0.4 is 0 Å². The maximum Gasteiger partial charge on any atom is 0.140 e. The van der Waals surface area contributed by atoms with E-state index < -0.39 is 0 Å². The average Bonchev–Trinajstić information content (AvgIpc) is 3.14. The average molecular weight is 300 g/mol. The first-order valence-electron chi connectivity index (χ1n) is 7.79. The van der Waals surface area contributed by atoms with Gasteiger partial charge in [-0.05, 0) is 48.2 Å². The summed E-state index contributed by atoms with van der Waals surface area (Å²) in [5, 5.41) is 4.16. The molecule has 23 heavy (non-hydrogen) atoms. The topological polar surface area (TPSA) is 54.7 Å². The van der Waals surface area contributed by atoms with Crippen LogP contribution in [0.15, 0.2) is 53.3 Å². The van der Waals surface area contributed by atoms with E-state index in [1.165, 1.54) is 12.8 Å². The van der Waals surface area contributed by atoms with Gasteiger partial charge >= 0.3 is 0 Å². The molecule has 0 atom stereocenters. The zero-order valence-electron chi connectivity index (χ0n) is 12.4. The SMILES string of the molecule is [c]1cc(-c2ccc3[nH]cnc3c2)ccc1-c1cc(C2CC2)on1. The van der Waals surface area contributed by atoms with Crippen LogP contribution in [0.4, 0.5) is 0 Å². The quantitative estimate of drug-likeness (QED) is 0.603. The molecular weight excluding hydrogens is 286 g/mol. The molecule has 0 aliphatic heterocycles. The number of benzene rings is 2. The third kappa shape index (κ3) is 2.23. The lowest BCUT2D eigenvalue weighted by molar-refractivity contribution is 0.386. The zero-order valence-corrected chi connectivity index (χ0v) is 12.4. The molecule has 5 rings (SSSR count). The molecule has 2 aromatic carbocycles. The van der Waals surface area contributed by atoms with E-state index in [0.29, 0.717) is 5.92 Å². The Labute approximate surface area is 133 Å². The molecule has 0 bridgehead atoms. The maximum absolute atomic E-state index is 5.42. The fourth-order valence-electron chi connectivity index (χ4n) is 2.85. The Balaban J connectivity index is 1.47. The van der Waals surface area contributed by atoms with Crippen LogP contribution in [-0.4, -0.2) is 15.1 Å². The minimum Gasteiger partial charge on any atom is -0.360 e. The predicted molar refractivity (Wildman–Crippen MR) is 87.8 cm³/mol. The van der Waals surface area contributed by atoms with E-state index >= 15 is 0 Å². The molecule has 0 saturated heterocycles. The van der Waals surface area contributed by atoms with Crippen LogP contribution in [0.25, 0.3) is 33.4 Å². The zero-order chi connectivity index (χ0) is 15.2. The van der Waals surface area contributed by atoms with E-state index in [2.05, 4.69) is 39.4 Å². The summed E-state index contributed by atoms with van der Waals surface area (Å²) in [5.74, 6) is 1.58. The molecule has 0 unspecified atom stereocenters. The molecule has 0 amide bonds. The highest BCUT2D eigenvalue weighted by molar-refractivity contribution is 5.81. The Hall–Kier alpha value is -2.88. The number of hydrogen-bond donors (Lipinski definition) is 1. The lowest BCUT2D eigenvalue weighted by atomic mass is 10.0. The van der Waals surface area contributed by atoms with Crippen molar-refractivity contribution in [1.82, 2.24) is 15.1 Å². The first-order valence-corrected chi connectivity index (χ1v) is 7.79. The first-order chi connectivity index (χ1) is 11.4. The van der Waals surface area contributed by atoms with Gasteiger partial charge in [-0.15, -0.1) is 0 Å². The summed E-state index contributed by atoms with van der Waals surface area (Å²) in [4.78, 5) is 7.41. The Morgan fingerprint density at radius 1 is 1.09 bits per heavy atom. The largest absolute Gasteiger partial charge is 0.360 e. The first kappa shape index (κ1) is 12.6. The van der Waals surface area contributed by atoms with Crippen molar-refractivity contribution in [2.24, 2.45) is 0 Å². The van der Waals surface area contributed by atoms with E-state index in [4.69, 9.17) is 4.52 Å². The standard InChI is InChI=1S/C19H14N3O/c1-3-13(17-10-19(23-22-17)14-5-6-14)4-2-12(1)15-7-8-16-18(9-15)21-11-20-16/h1-3,7-11,14H,5-6H2,(H,20,21). The van der Waals surface area contributed by atoms with Gasteiger partial charge in [0.2, 0.25) is 0 Å². The lowest BCUT2D eigenvalue weighted by Gasteiger charge is -2.02. The molecule has 4 heteroatoms. The highest BCUT2D eigenvalue weighted by Crippen LogP contribution is 2.41. The molecule has 1 radical (unpaired) electrons. The Morgan fingerprint density at radius 2 is 2.00 bits per heavy atom. The Bertz CT molecular complexity index is 977. The van der Waals surface area contributed by atoms with Crippen molar-refractivity contribution in [3.8, 4) is 22.4 Å².